The van der Waals surface area contributed by atoms with Crippen LogP contribution in [-0.2, 0) is 0 Å². The van der Waals surface area contributed by atoms with Gasteiger partial charge in [0, 0.05) is 17.8 Å². The molecule has 0 amide bonds. The van der Waals surface area contributed by atoms with Gasteiger partial charge in [0.1, 0.15) is 17.7 Å². The largest absolute Gasteiger partial charge is 0.366 e. The minimum Gasteiger partial charge on any atom is -0.366 e. The smallest absolute Gasteiger partial charge is 0.130 e. The summed E-state index contributed by atoms with van der Waals surface area (Å²) in [5.74, 6) is 0. The maximum Gasteiger partial charge on any atom is 0.130 e. The molecule has 1 aromatic rings. The van der Waals surface area contributed by atoms with Gasteiger partial charge in [0.2, 0.25) is 0 Å². The van der Waals surface area contributed by atoms with Gasteiger partial charge in [-0.2, -0.15) is 10.5 Å². The third-order valence-corrected chi connectivity index (χ3v) is 3.87. The first kappa shape index (κ1) is 16.8. The van der Waals surface area contributed by atoms with Crippen molar-refractivity contribution < 1.29 is 0 Å². The summed E-state index contributed by atoms with van der Waals surface area (Å²) in [7, 11) is 0. The van der Waals surface area contributed by atoms with Gasteiger partial charge in [-0.1, -0.05) is 26.0 Å². The molecular weight excluding hydrogens is 258 g/mol. The molecule has 3 nitrogen and oxygen atoms in total. The highest BCUT2D eigenvalue weighted by Crippen LogP contribution is 2.24. The summed E-state index contributed by atoms with van der Waals surface area (Å²) in [6.07, 6.45) is 3.80. The average molecular weight is 281 g/mol. The Morgan fingerprint density at radius 2 is 1.52 bits per heavy atom. The maximum absolute atomic E-state index is 8.79. The minimum atomic E-state index is 0.128. The molecule has 0 heterocycles. The summed E-state index contributed by atoms with van der Waals surface area (Å²) >= 11 is 0. The molecule has 0 saturated carbocycles. The van der Waals surface area contributed by atoms with Crippen molar-refractivity contribution in [1.29, 1.82) is 10.5 Å². The van der Waals surface area contributed by atoms with Gasteiger partial charge in [0.05, 0.1) is 0 Å². The number of nitriles is 2. The highest BCUT2D eigenvalue weighted by molar-refractivity contribution is 5.64. The van der Waals surface area contributed by atoms with Crippen LogP contribution in [0.15, 0.2) is 29.8 Å². The predicted molar refractivity (Wildman–Crippen MR) is 87.6 cm³/mol. The molecule has 0 aromatic heterocycles. The topological polar surface area (TPSA) is 50.8 Å². The van der Waals surface area contributed by atoms with Crippen molar-refractivity contribution in [1.82, 2.24) is 0 Å². The van der Waals surface area contributed by atoms with E-state index >= 15 is 0 Å². The molecular formula is C18H23N3. The van der Waals surface area contributed by atoms with E-state index in [1.165, 1.54) is 5.69 Å². The molecule has 0 radical (unpaired) electrons. The number of nitrogens with zero attached hydrogens (tertiary/aromatic N) is 3. The Balaban J connectivity index is 3.07. The van der Waals surface area contributed by atoms with Crippen molar-refractivity contribution in [3.63, 3.8) is 0 Å². The van der Waals surface area contributed by atoms with E-state index in [4.69, 9.17) is 10.5 Å². The lowest BCUT2D eigenvalue weighted by atomic mass is 10.1. The summed E-state index contributed by atoms with van der Waals surface area (Å²) in [6.45, 7) is 8.87. The van der Waals surface area contributed by atoms with Crippen LogP contribution in [0.5, 0.6) is 0 Å². The number of hydrogen-bond donors (Lipinski definition) is 0. The zero-order valence-electron chi connectivity index (χ0n) is 13.3. The normalized spacial score (nSPS) is 12.7. The Morgan fingerprint density at radius 1 is 1.05 bits per heavy atom. The van der Waals surface area contributed by atoms with Gasteiger partial charge in [0.15, 0.2) is 0 Å². The molecule has 0 N–H and O–H groups in total. The monoisotopic (exact) mass is 281 g/mol. The lowest BCUT2D eigenvalue weighted by Gasteiger charge is -2.36. The number of benzene rings is 1. The van der Waals surface area contributed by atoms with E-state index in [1.54, 1.807) is 6.08 Å². The van der Waals surface area contributed by atoms with Crippen molar-refractivity contribution in [3.05, 3.63) is 35.4 Å². The first-order chi connectivity index (χ1) is 10.1. The van der Waals surface area contributed by atoms with Crippen molar-refractivity contribution >= 4 is 11.8 Å². The van der Waals surface area contributed by atoms with Gasteiger partial charge in [-0.3, -0.25) is 0 Å². The molecule has 1 rings (SSSR count). The van der Waals surface area contributed by atoms with Crippen LogP contribution < -0.4 is 4.90 Å². The van der Waals surface area contributed by atoms with Gasteiger partial charge >= 0.3 is 0 Å². The van der Waals surface area contributed by atoms with E-state index in [2.05, 4.69) is 44.7 Å². The average Bonchev–Trinajstić information content (AvgIpc) is 2.53. The molecule has 0 aliphatic rings. The van der Waals surface area contributed by atoms with E-state index in [0.717, 1.165) is 18.4 Å². The first-order valence-electron chi connectivity index (χ1n) is 7.47. The van der Waals surface area contributed by atoms with Crippen LogP contribution in [-0.4, -0.2) is 12.1 Å². The second-order valence-electron chi connectivity index (χ2n) is 5.29. The molecule has 0 aliphatic carbocycles. The van der Waals surface area contributed by atoms with E-state index in [1.807, 2.05) is 24.3 Å². The van der Waals surface area contributed by atoms with Gasteiger partial charge in [0.25, 0.3) is 0 Å². The van der Waals surface area contributed by atoms with Crippen molar-refractivity contribution in [2.45, 2.75) is 52.6 Å². The Hall–Kier alpha value is -2.26. The second-order valence-corrected chi connectivity index (χ2v) is 5.29. The van der Waals surface area contributed by atoms with Crippen molar-refractivity contribution in [2.75, 3.05) is 4.90 Å². The molecule has 3 heteroatoms. The van der Waals surface area contributed by atoms with Gasteiger partial charge < -0.3 is 4.90 Å². The summed E-state index contributed by atoms with van der Waals surface area (Å²) in [5, 5.41) is 17.6. The van der Waals surface area contributed by atoms with E-state index in [0.29, 0.717) is 12.1 Å². The summed E-state index contributed by atoms with van der Waals surface area (Å²) in [6, 6.07) is 12.8. The zero-order chi connectivity index (χ0) is 15.8. The lowest BCUT2D eigenvalue weighted by Crippen LogP contribution is -2.39. The van der Waals surface area contributed by atoms with Crippen molar-refractivity contribution in [3.8, 4) is 12.1 Å². The van der Waals surface area contributed by atoms with Gasteiger partial charge in [-0.05, 0) is 50.5 Å². The molecule has 1 aromatic carbocycles. The number of rotatable bonds is 6. The van der Waals surface area contributed by atoms with Crippen LogP contribution in [0.3, 0.4) is 0 Å². The van der Waals surface area contributed by atoms with E-state index in [9.17, 15) is 0 Å². The van der Waals surface area contributed by atoms with Gasteiger partial charge in [-0.25, -0.2) is 0 Å². The molecule has 0 saturated heterocycles. The third-order valence-electron chi connectivity index (χ3n) is 3.87. The highest BCUT2D eigenvalue weighted by atomic mass is 15.2. The first-order valence-corrected chi connectivity index (χ1v) is 7.47. The van der Waals surface area contributed by atoms with E-state index < -0.39 is 0 Å². The fraction of sp³-hybridized carbons (Fsp3) is 0.444. The molecule has 0 aliphatic heterocycles. The Kier molecular flexibility index (Phi) is 6.50. The number of hydrogen-bond acceptors (Lipinski definition) is 3. The Bertz CT molecular complexity index is 532. The second kappa shape index (κ2) is 8.12. The molecule has 0 bridgehead atoms. The van der Waals surface area contributed by atoms with Crippen molar-refractivity contribution in [2.24, 2.45) is 0 Å². The molecule has 0 spiro atoms. The third kappa shape index (κ3) is 4.36. The lowest BCUT2D eigenvalue weighted by molar-refractivity contribution is 0.527. The predicted octanol–water partition coefficient (Wildman–Crippen LogP) is 4.52. The van der Waals surface area contributed by atoms with Crippen LogP contribution in [0.1, 0.15) is 46.1 Å². The summed E-state index contributed by atoms with van der Waals surface area (Å²) in [4.78, 5) is 2.43. The standard InChI is InChI=1S/C18H23N3/c1-5-14(3)21(15(4)6-2)18-9-7-16(8-10-18)11-17(12-19)13-20/h7-11,14-15H,5-6H2,1-4H3. The summed E-state index contributed by atoms with van der Waals surface area (Å²) in [5.41, 5.74) is 2.19. The van der Waals surface area contributed by atoms with Crippen LogP contribution in [0.4, 0.5) is 5.69 Å². The Labute approximate surface area is 128 Å². The zero-order valence-corrected chi connectivity index (χ0v) is 13.3. The van der Waals surface area contributed by atoms with Crippen LogP contribution in [0.2, 0.25) is 0 Å². The minimum absolute atomic E-state index is 0.128. The molecule has 110 valence electrons. The molecule has 2 unspecified atom stereocenters. The SMILES string of the molecule is CCC(C)N(c1ccc(C=C(C#N)C#N)cc1)C(C)CC. The maximum atomic E-state index is 8.79. The fourth-order valence-electron chi connectivity index (χ4n) is 2.34. The van der Waals surface area contributed by atoms with E-state index in [-0.39, 0.29) is 5.57 Å². The highest BCUT2D eigenvalue weighted by Gasteiger charge is 2.17. The Morgan fingerprint density at radius 3 is 1.90 bits per heavy atom. The van der Waals surface area contributed by atoms with Crippen LogP contribution >= 0.6 is 0 Å². The summed E-state index contributed by atoms with van der Waals surface area (Å²) < 4.78 is 0. The molecule has 21 heavy (non-hydrogen) atoms. The molecule has 0 fully saturated rings. The molecule has 2 atom stereocenters. The quantitative estimate of drug-likeness (QED) is 0.720. The number of anilines is 1. The number of allylic oxidation sites excluding steroid dienone is 1. The van der Waals surface area contributed by atoms with Gasteiger partial charge in [-0.15, -0.1) is 0 Å². The van der Waals surface area contributed by atoms with Crippen LogP contribution in [0, 0.1) is 22.7 Å². The fourth-order valence-corrected chi connectivity index (χ4v) is 2.34. The van der Waals surface area contributed by atoms with Crippen LogP contribution in [0.25, 0.3) is 6.08 Å².